The lowest BCUT2D eigenvalue weighted by Gasteiger charge is -2.37. The molecule has 20 heavy (non-hydrogen) atoms. The Morgan fingerprint density at radius 3 is 2.50 bits per heavy atom. The molecule has 0 bridgehead atoms. The van der Waals surface area contributed by atoms with Crippen molar-refractivity contribution in [1.82, 2.24) is 0 Å². The van der Waals surface area contributed by atoms with Gasteiger partial charge in [0.2, 0.25) is 0 Å². The molecule has 0 saturated heterocycles. The van der Waals surface area contributed by atoms with E-state index >= 15 is 0 Å². The van der Waals surface area contributed by atoms with Crippen molar-refractivity contribution in [3.05, 3.63) is 30.3 Å². The van der Waals surface area contributed by atoms with Crippen LogP contribution in [0.1, 0.15) is 40.0 Å². The Balaban J connectivity index is 2.15. The van der Waals surface area contributed by atoms with Crippen molar-refractivity contribution in [2.45, 2.75) is 46.1 Å². The molecule has 1 saturated carbocycles. The van der Waals surface area contributed by atoms with Crippen molar-refractivity contribution in [2.24, 2.45) is 17.8 Å². The molecule has 0 aliphatic heterocycles. The molecule has 0 unspecified atom stereocenters. The molecule has 4 heteroatoms. The van der Waals surface area contributed by atoms with Crippen molar-refractivity contribution in [3.63, 3.8) is 0 Å². The predicted octanol–water partition coefficient (Wildman–Crippen LogP) is 5.22. The summed E-state index contributed by atoms with van der Waals surface area (Å²) in [5.41, 5.74) is 0. The summed E-state index contributed by atoms with van der Waals surface area (Å²) in [6.45, 7) is 3.40. The normalized spacial score (nSPS) is 30.1. The highest BCUT2D eigenvalue weighted by molar-refractivity contribution is 7.91. The lowest BCUT2D eigenvalue weighted by atomic mass is 9.75. The van der Waals surface area contributed by atoms with Crippen LogP contribution in [0.3, 0.4) is 0 Å². The Bertz CT molecular complexity index is 475. The van der Waals surface area contributed by atoms with E-state index in [4.69, 9.17) is 15.8 Å². The second-order valence-corrected chi connectivity index (χ2v) is 9.31. The number of benzene rings is 1. The molecule has 0 amide bonds. The van der Waals surface area contributed by atoms with Crippen molar-refractivity contribution in [1.29, 1.82) is 0 Å². The molecule has 1 aromatic carbocycles. The van der Waals surface area contributed by atoms with Crippen LogP contribution in [-0.4, -0.2) is 6.10 Å². The van der Waals surface area contributed by atoms with E-state index in [1.165, 1.54) is 6.42 Å². The molecular weight excluding hydrogens is 291 g/mol. The average Bonchev–Trinajstić information content (AvgIpc) is 2.39. The number of halogens is 1. The van der Waals surface area contributed by atoms with Gasteiger partial charge in [-0.25, -0.2) is 0 Å². The fourth-order valence-electron chi connectivity index (χ4n) is 3.08. The fourth-order valence-corrected chi connectivity index (χ4v) is 4.96. The molecule has 1 aliphatic rings. The lowest BCUT2D eigenvalue weighted by Crippen LogP contribution is -2.34. The van der Waals surface area contributed by atoms with Crippen molar-refractivity contribution < 1.29 is 9.09 Å². The van der Waals surface area contributed by atoms with E-state index in [9.17, 15) is 4.57 Å². The van der Waals surface area contributed by atoms with E-state index < -0.39 is 6.72 Å². The highest BCUT2D eigenvalue weighted by Gasteiger charge is 2.36. The van der Waals surface area contributed by atoms with Crippen LogP contribution in [0.4, 0.5) is 0 Å². The highest BCUT2D eigenvalue weighted by Crippen LogP contribution is 2.55. The summed E-state index contributed by atoms with van der Waals surface area (Å²) in [6.07, 6.45) is 3.31. The zero-order valence-electron chi connectivity index (χ0n) is 12.5. The van der Waals surface area contributed by atoms with E-state index in [0.717, 1.165) is 12.8 Å². The third kappa shape index (κ3) is 3.87. The van der Waals surface area contributed by atoms with Crippen LogP contribution in [0.5, 0.6) is 0 Å². The summed E-state index contributed by atoms with van der Waals surface area (Å²) in [4.78, 5) is 0. The van der Waals surface area contributed by atoms with Crippen molar-refractivity contribution in [2.75, 3.05) is 0 Å². The molecule has 2 rings (SSSR count). The molecule has 4 atom stereocenters. The maximum Gasteiger partial charge on any atom is 0.320 e. The third-order valence-electron chi connectivity index (χ3n) is 4.30. The average molecular weight is 315 g/mol. The maximum atomic E-state index is 12.7. The summed E-state index contributed by atoms with van der Waals surface area (Å²) in [7, 11) is 0. The molecule has 0 radical (unpaired) electrons. The Morgan fingerprint density at radius 1 is 1.25 bits per heavy atom. The third-order valence-corrected chi connectivity index (χ3v) is 6.58. The van der Waals surface area contributed by atoms with E-state index in [1.807, 2.05) is 18.2 Å². The summed E-state index contributed by atoms with van der Waals surface area (Å²) in [5, 5.41) is 0.599. The lowest BCUT2D eigenvalue weighted by molar-refractivity contribution is 0.0524. The molecule has 2 nitrogen and oxygen atoms in total. The topological polar surface area (TPSA) is 26.3 Å². The van der Waals surface area contributed by atoms with E-state index in [1.54, 1.807) is 12.1 Å². The summed E-state index contributed by atoms with van der Waals surface area (Å²) in [5.74, 6) is 1.59. The minimum absolute atomic E-state index is 0.00212. The molecule has 0 N–H and O–H groups in total. The number of hydrogen-bond donors (Lipinski definition) is 0. The van der Waals surface area contributed by atoms with E-state index in [-0.39, 0.29) is 6.10 Å². The van der Waals surface area contributed by atoms with Crippen molar-refractivity contribution >= 4 is 23.3 Å². The van der Waals surface area contributed by atoms with Gasteiger partial charge in [0.15, 0.2) is 0 Å². The largest absolute Gasteiger partial charge is 0.320 e. The van der Waals surface area contributed by atoms with Gasteiger partial charge >= 0.3 is 6.72 Å². The van der Waals surface area contributed by atoms with Crippen LogP contribution >= 0.6 is 18.0 Å². The van der Waals surface area contributed by atoms with Gasteiger partial charge in [-0.2, -0.15) is 0 Å². The Labute approximate surface area is 127 Å². The van der Waals surface area contributed by atoms with Gasteiger partial charge in [0.25, 0.3) is 0 Å². The smallest absolute Gasteiger partial charge is 0.311 e. The zero-order valence-corrected chi connectivity index (χ0v) is 14.1. The highest BCUT2D eigenvalue weighted by atomic mass is 35.7. The first-order valence-electron chi connectivity index (χ1n) is 7.44. The van der Waals surface area contributed by atoms with E-state index in [0.29, 0.717) is 23.1 Å². The molecule has 0 spiro atoms. The minimum atomic E-state index is -3.24. The van der Waals surface area contributed by atoms with Gasteiger partial charge < -0.3 is 4.52 Å². The van der Waals surface area contributed by atoms with Crippen LogP contribution in [0.2, 0.25) is 0 Å². The standard InChI is InChI=1S/C16H24ClO2P/c1-12(2)15-10-9-13(3)11-16(15)19-20(17,18)14-7-5-4-6-8-14/h4-8,12-13,15-16H,9-11H2,1-3H3/t13-,15+,16-,20+/m1/s1. The number of rotatable bonds is 4. The van der Waals surface area contributed by atoms with Gasteiger partial charge in [-0.05, 0) is 54.0 Å². The first-order chi connectivity index (χ1) is 9.40. The molecular formula is C16H24ClO2P. The van der Waals surface area contributed by atoms with Crippen molar-refractivity contribution in [3.8, 4) is 0 Å². The van der Waals surface area contributed by atoms with Gasteiger partial charge in [-0.3, -0.25) is 4.57 Å². The second kappa shape index (κ2) is 6.64. The molecule has 1 fully saturated rings. The quantitative estimate of drug-likeness (QED) is 0.712. The molecule has 0 aromatic heterocycles. The fraction of sp³-hybridized carbons (Fsp3) is 0.625. The van der Waals surface area contributed by atoms with Gasteiger partial charge in [0.1, 0.15) is 0 Å². The summed E-state index contributed by atoms with van der Waals surface area (Å²) < 4.78 is 18.6. The molecule has 0 heterocycles. The summed E-state index contributed by atoms with van der Waals surface area (Å²) in [6, 6.07) is 9.14. The van der Waals surface area contributed by atoms with Crippen LogP contribution in [-0.2, 0) is 9.09 Å². The predicted molar refractivity (Wildman–Crippen MR) is 85.8 cm³/mol. The first-order valence-corrected chi connectivity index (χ1v) is 9.97. The van der Waals surface area contributed by atoms with Gasteiger partial charge in [0.05, 0.1) is 11.4 Å². The Hall–Kier alpha value is -0.300. The van der Waals surface area contributed by atoms with Crippen LogP contribution in [0, 0.1) is 17.8 Å². The minimum Gasteiger partial charge on any atom is -0.311 e. The first kappa shape index (κ1) is 16.1. The van der Waals surface area contributed by atoms with E-state index in [2.05, 4.69) is 20.8 Å². The monoisotopic (exact) mass is 314 g/mol. The Kier molecular flexibility index (Phi) is 5.34. The van der Waals surface area contributed by atoms with Crippen LogP contribution in [0.15, 0.2) is 30.3 Å². The molecule has 1 aromatic rings. The van der Waals surface area contributed by atoms with Gasteiger partial charge in [-0.1, -0.05) is 45.4 Å². The maximum absolute atomic E-state index is 12.7. The number of hydrogen-bond acceptors (Lipinski definition) is 2. The Morgan fingerprint density at radius 2 is 1.90 bits per heavy atom. The SMILES string of the molecule is CC(C)[C@@H]1CC[C@@H](C)C[C@H]1O[P@](=O)(Cl)c1ccccc1. The zero-order chi connectivity index (χ0) is 14.8. The van der Waals surface area contributed by atoms with Crippen LogP contribution < -0.4 is 5.30 Å². The second-order valence-electron chi connectivity index (χ2n) is 6.29. The molecule has 112 valence electrons. The van der Waals surface area contributed by atoms with Gasteiger partial charge in [-0.15, -0.1) is 0 Å². The molecule has 1 aliphatic carbocycles. The van der Waals surface area contributed by atoms with Gasteiger partial charge in [0, 0.05) is 0 Å². The van der Waals surface area contributed by atoms with Crippen LogP contribution in [0.25, 0.3) is 0 Å². The summed E-state index contributed by atoms with van der Waals surface area (Å²) >= 11 is 6.25.